The van der Waals surface area contributed by atoms with Gasteiger partial charge in [-0.25, -0.2) is 4.98 Å². The second-order valence-corrected chi connectivity index (χ2v) is 4.53. The van der Waals surface area contributed by atoms with Crippen LogP contribution in [-0.4, -0.2) is 16.2 Å². The standard InChI is InChI=1S/C9H13NOS/c1-6-10-8(5-12-6)4-7-2-3-9(7)11/h5,7,9,11H,2-4H2,1H3. The summed E-state index contributed by atoms with van der Waals surface area (Å²) >= 11 is 1.69. The van der Waals surface area contributed by atoms with E-state index in [9.17, 15) is 5.11 Å². The number of aryl methyl sites for hydroxylation is 1. The first-order chi connectivity index (χ1) is 5.75. The number of hydrogen-bond acceptors (Lipinski definition) is 3. The fourth-order valence-corrected chi connectivity index (χ4v) is 2.19. The van der Waals surface area contributed by atoms with Crippen LogP contribution in [0.15, 0.2) is 5.38 Å². The van der Waals surface area contributed by atoms with Gasteiger partial charge in [0, 0.05) is 5.38 Å². The van der Waals surface area contributed by atoms with Crippen LogP contribution in [0.25, 0.3) is 0 Å². The lowest BCUT2D eigenvalue weighted by atomic mass is 9.79. The number of aromatic nitrogens is 1. The van der Waals surface area contributed by atoms with Gasteiger partial charge in [-0.3, -0.25) is 0 Å². The van der Waals surface area contributed by atoms with Crippen molar-refractivity contribution in [3.63, 3.8) is 0 Å². The molecule has 0 radical (unpaired) electrons. The van der Waals surface area contributed by atoms with Crippen molar-refractivity contribution < 1.29 is 5.11 Å². The molecular weight excluding hydrogens is 170 g/mol. The third-order valence-electron chi connectivity index (χ3n) is 2.52. The van der Waals surface area contributed by atoms with E-state index in [0.29, 0.717) is 5.92 Å². The summed E-state index contributed by atoms with van der Waals surface area (Å²) in [6.07, 6.45) is 3.05. The Morgan fingerprint density at radius 2 is 2.50 bits per heavy atom. The van der Waals surface area contributed by atoms with Crippen molar-refractivity contribution in [3.05, 3.63) is 16.1 Å². The Kier molecular flexibility index (Phi) is 2.15. The van der Waals surface area contributed by atoms with Crippen molar-refractivity contribution >= 4 is 11.3 Å². The maximum Gasteiger partial charge on any atom is 0.0897 e. The van der Waals surface area contributed by atoms with Gasteiger partial charge >= 0.3 is 0 Å². The summed E-state index contributed by atoms with van der Waals surface area (Å²) in [6.45, 7) is 2.02. The van der Waals surface area contributed by atoms with Crippen LogP contribution in [0, 0.1) is 12.8 Å². The van der Waals surface area contributed by atoms with Crippen molar-refractivity contribution in [2.75, 3.05) is 0 Å². The molecule has 2 atom stereocenters. The van der Waals surface area contributed by atoms with Crippen molar-refractivity contribution in [1.82, 2.24) is 4.98 Å². The first kappa shape index (κ1) is 8.20. The zero-order valence-corrected chi connectivity index (χ0v) is 7.97. The van der Waals surface area contributed by atoms with Crippen molar-refractivity contribution in [2.45, 2.75) is 32.3 Å². The average Bonchev–Trinajstić information content (AvgIpc) is 2.44. The van der Waals surface area contributed by atoms with Gasteiger partial charge in [-0.05, 0) is 32.1 Å². The maximum absolute atomic E-state index is 9.35. The van der Waals surface area contributed by atoms with Gasteiger partial charge in [0.15, 0.2) is 0 Å². The minimum absolute atomic E-state index is 0.0630. The average molecular weight is 183 g/mol. The number of thiazole rings is 1. The van der Waals surface area contributed by atoms with Gasteiger partial charge in [0.25, 0.3) is 0 Å². The lowest BCUT2D eigenvalue weighted by Gasteiger charge is -2.31. The summed E-state index contributed by atoms with van der Waals surface area (Å²) in [7, 11) is 0. The van der Waals surface area contributed by atoms with Gasteiger partial charge in [-0.2, -0.15) is 0 Å². The van der Waals surface area contributed by atoms with Gasteiger partial charge in [0.1, 0.15) is 0 Å². The lowest BCUT2D eigenvalue weighted by molar-refractivity contribution is 0.0240. The van der Waals surface area contributed by atoms with Crippen LogP contribution in [-0.2, 0) is 6.42 Å². The Bertz CT molecular complexity index is 271. The number of hydrogen-bond donors (Lipinski definition) is 1. The molecule has 12 heavy (non-hydrogen) atoms. The topological polar surface area (TPSA) is 33.1 Å². The highest BCUT2D eigenvalue weighted by Crippen LogP contribution is 2.30. The molecule has 2 unspecified atom stereocenters. The van der Waals surface area contributed by atoms with Crippen LogP contribution in [0.2, 0.25) is 0 Å². The molecule has 2 nitrogen and oxygen atoms in total. The van der Waals surface area contributed by atoms with Gasteiger partial charge in [-0.15, -0.1) is 11.3 Å². The van der Waals surface area contributed by atoms with E-state index in [0.717, 1.165) is 30.0 Å². The molecule has 1 aliphatic rings. The predicted molar refractivity (Wildman–Crippen MR) is 49.3 cm³/mol. The van der Waals surface area contributed by atoms with Crippen molar-refractivity contribution in [1.29, 1.82) is 0 Å². The van der Waals surface area contributed by atoms with Crippen molar-refractivity contribution in [2.24, 2.45) is 5.92 Å². The highest BCUT2D eigenvalue weighted by Gasteiger charge is 2.29. The number of aliphatic hydroxyl groups excluding tert-OH is 1. The molecule has 0 aliphatic heterocycles. The Morgan fingerprint density at radius 1 is 1.67 bits per heavy atom. The molecule has 2 rings (SSSR count). The van der Waals surface area contributed by atoms with Crippen LogP contribution in [0.5, 0.6) is 0 Å². The summed E-state index contributed by atoms with van der Waals surface area (Å²) < 4.78 is 0. The van der Waals surface area contributed by atoms with Crippen LogP contribution < -0.4 is 0 Å². The normalized spacial score (nSPS) is 28.5. The summed E-state index contributed by atoms with van der Waals surface area (Å²) in [5.41, 5.74) is 1.15. The van der Waals surface area contributed by atoms with E-state index < -0.39 is 0 Å². The number of nitrogens with zero attached hydrogens (tertiary/aromatic N) is 1. The molecule has 0 saturated heterocycles. The molecule has 0 bridgehead atoms. The molecule has 1 fully saturated rings. The SMILES string of the molecule is Cc1nc(CC2CCC2O)cs1. The minimum atomic E-state index is -0.0630. The molecule has 1 heterocycles. The Balaban J connectivity index is 1.95. The molecule has 66 valence electrons. The van der Waals surface area contributed by atoms with Gasteiger partial charge in [0.2, 0.25) is 0 Å². The Morgan fingerprint density at radius 3 is 2.92 bits per heavy atom. The molecule has 1 saturated carbocycles. The molecule has 0 amide bonds. The van der Waals surface area contributed by atoms with Gasteiger partial charge in [0.05, 0.1) is 16.8 Å². The van der Waals surface area contributed by atoms with E-state index in [4.69, 9.17) is 0 Å². The molecule has 3 heteroatoms. The molecular formula is C9H13NOS. The third kappa shape index (κ3) is 1.52. The zero-order chi connectivity index (χ0) is 8.55. The highest BCUT2D eigenvalue weighted by atomic mass is 32.1. The van der Waals surface area contributed by atoms with Gasteiger partial charge in [-0.1, -0.05) is 0 Å². The highest BCUT2D eigenvalue weighted by molar-refractivity contribution is 7.09. The summed E-state index contributed by atoms with van der Waals surface area (Å²) in [5, 5.41) is 12.6. The fourth-order valence-electron chi connectivity index (χ4n) is 1.56. The van der Waals surface area contributed by atoms with Crippen LogP contribution in [0.1, 0.15) is 23.5 Å². The summed E-state index contributed by atoms with van der Waals surface area (Å²) in [6, 6.07) is 0. The molecule has 1 aromatic rings. The van der Waals surface area contributed by atoms with E-state index >= 15 is 0 Å². The zero-order valence-electron chi connectivity index (χ0n) is 7.16. The first-order valence-corrected chi connectivity index (χ1v) is 5.23. The Labute approximate surface area is 76.3 Å². The third-order valence-corrected chi connectivity index (χ3v) is 3.34. The maximum atomic E-state index is 9.35. The molecule has 0 aromatic carbocycles. The quantitative estimate of drug-likeness (QED) is 0.758. The molecule has 1 N–H and O–H groups in total. The predicted octanol–water partition coefficient (Wildman–Crippen LogP) is 1.76. The number of aliphatic hydroxyl groups is 1. The van der Waals surface area contributed by atoms with E-state index in [-0.39, 0.29) is 6.10 Å². The van der Waals surface area contributed by atoms with E-state index in [1.807, 2.05) is 6.92 Å². The monoisotopic (exact) mass is 183 g/mol. The largest absolute Gasteiger partial charge is 0.393 e. The minimum Gasteiger partial charge on any atom is -0.393 e. The van der Waals surface area contributed by atoms with E-state index in [1.165, 1.54) is 0 Å². The first-order valence-electron chi connectivity index (χ1n) is 4.35. The molecule has 0 spiro atoms. The van der Waals surface area contributed by atoms with E-state index in [1.54, 1.807) is 11.3 Å². The van der Waals surface area contributed by atoms with Crippen LogP contribution in [0.4, 0.5) is 0 Å². The summed E-state index contributed by atoms with van der Waals surface area (Å²) in [5.74, 6) is 0.478. The van der Waals surface area contributed by atoms with Crippen LogP contribution >= 0.6 is 11.3 Å². The summed E-state index contributed by atoms with van der Waals surface area (Å²) in [4.78, 5) is 4.37. The Hall–Kier alpha value is -0.410. The second-order valence-electron chi connectivity index (χ2n) is 3.47. The van der Waals surface area contributed by atoms with Crippen molar-refractivity contribution in [3.8, 4) is 0 Å². The second kappa shape index (κ2) is 3.15. The van der Waals surface area contributed by atoms with Gasteiger partial charge < -0.3 is 5.11 Å². The van der Waals surface area contributed by atoms with Crippen LogP contribution in [0.3, 0.4) is 0 Å². The molecule has 1 aromatic heterocycles. The smallest absolute Gasteiger partial charge is 0.0897 e. The van der Waals surface area contributed by atoms with E-state index in [2.05, 4.69) is 10.4 Å². The fraction of sp³-hybridized carbons (Fsp3) is 0.667. The number of rotatable bonds is 2. The lowest BCUT2D eigenvalue weighted by Crippen LogP contribution is -2.32. The molecule has 1 aliphatic carbocycles.